The van der Waals surface area contributed by atoms with Gasteiger partial charge in [0.1, 0.15) is 0 Å². The molecule has 12 nitrogen and oxygen atoms in total. The molecule has 3 amide bonds. The molecule has 0 bridgehead atoms. The van der Waals surface area contributed by atoms with E-state index < -0.39 is 5.97 Å². The second-order valence-electron chi connectivity index (χ2n) is 14.8. The predicted molar refractivity (Wildman–Crippen MR) is 235 cm³/mol. The number of fused-ring (bicyclic) bond motifs is 2. The standard InChI is InChI=1S/C45H63N3O9S2/c1-45(23-20-44(52)53)58-34-22-39(59-45)14-7-9-16-41(49)47-25-27-55-29-31-57-33-32-56-30-28-54-26-21-42(50)46-24-10-2-3-17-43(51)48-35-38-13-5-4-11-36(38)18-19-37-12-6-8-15-40(37)48/h4-6,8,11-13,15,39H,2-3,7,9-10,14,16-17,20-35H2,1H3,(H,46,50)(H,47,49)(H,52,53). The summed E-state index contributed by atoms with van der Waals surface area (Å²) in [6.07, 6.45) is 8.52. The van der Waals surface area contributed by atoms with Gasteiger partial charge in [0.2, 0.25) is 17.7 Å². The molecule has 2 heterocycles. The van der Waals surface area contributed by atoms with E-state index in [9.17, 15) is 19.2 Å². The van der Waals surface area contributed by atoms with Crippen molar-refractivity contribution in [3.05, 3.63) is 65.2 Å². The molecule has 2 aliphatic heterocycles. The van der Waals surface area contributed by atoms with E-state index in [1.54, 1.807) is 0 Å². The summed E-state index contributed by atoms with van der Waals surface area (Å²) in [6, 6.07) is 15.8. The van der Waals surface area contributed by atoms with Gasteiger partial charge in [-0.05, 0) is 75.0 Å². The number of unbranched alkanes of at least 4 members (excludes halogenated alkanes) is 3. The van der Waals surface area contributed by atoms with Crippen LogP contribution in [-0.4, -0.2) is 110 Å². The van der Waals surface area contributed by atoms with Crippen LogP contribution in [0.3, 0.4) is 0 Å². The minimum absolute atomic E-state index is 0.0266. The number of amides is 3. The third-order valence-electron chi connectivity index (χ3n) is 9.96. The highest BCUT2D eigenvalue weighted by Crippen LogP contribution is 2.49. The number of nitrogens with zero attached hydrogens (tertiary/aromatic N) is 1. The van der Waals surface area contributed by atoms with E-state index in [0.29, 0.717) is 97.0 Å². The normalized spacial score (nSPS) is 17.1. The van der Waals surface area contributed by atoms with Gasteiger partial charge in [0.05, 0.1) is 69.2 Å². The van der Waals surface area contributed by atoms with Crippen LogP contribution in [-0.2, 0) is 44.7 Å². The Morgan fingerprint density at radius 1 is 0.729 bits per heavy atom. The number of carboxylic acid groups (broad SMARTS) is 1. The zero-order valence-electron chi connectivity index (χ0n) is 34.6. The van der Waals surface area contributed by atoms with Gasteiger partial charge in [-0.2, -0.15) is 0 Å². The lowest BCUT2D eigenvalue weighted by molar-refractivity contribution is -0.137. The lowest BCUT2D eigenvalue weighted by atomic mass is 10.0. The first-order valence-electron chi connectivity index (χ1n) is 21.1. The van der Waals surface area contributed by atoms with Crippen LogP contribution in [0, 0.1) is 11.8 Å². The minimum Gasteiger partial charge on any atom is -0.481 e. The molecule has 1 fully saturated rings. The first kappa shape index (κ1) is 48.1. The minimum atomic E-state index is -0.737. The second kappa shape index (κ2) is 28.0. The number of anilines is 1. The Kier molecular flexibility index (Phi) is 22.9. The molecule has 0 spiro atoms. The van der Waals surface area contributed by atoms with Gasteiger partial charge < -0.3 is 39.6 Å². The number of thioether (sulfide) groups is 2. The number of hydrogen-bond acceptors (Lipinski definition) is 10. The average molecular weight is 854 g/mol. The number of carbonyl (C=O) groups is 4. The molecule has 14 heteroatoms. The van der Waals surface area contributed by atoms with Gasteiger partial charge in [-0.3, -0.25) is 19.2 Å². The molecule has 2 aliphatic rings. The van der Waals surface area contributed by atoms with Crippen LogP contribution in [0.25, 0.3) is 0 Å². The lowest BCUT2D eigenvalue weighted by Gasteiger charge is -2.37. The molecule has 0 aliphatic carbocycles. The third-order valence-corrected chi connectivity index (χ3v) is 13.4. The summed E-state index contributed by atoms with van der Waals surface area (Å²) in [7, 11) is 0. The quantitative estimate of drug-likeness (QED) is 0.0603. The molecular formula is C45H63N3O9S2. The maximum Gasteiger partial charge on any atom is 0.303 e. The maximum absolute atomic E-state index is 13.3. The SMILES string of the molecule is CC1(CCC(=O)O)SCCC(CCCCC(=O)NCCOCCOCCOCCOCCC(=O)NCCCCCC(=O)N2Cc3ccccc3C#Cc3ccccc32)S1. The molecule has 2 aromatic carbocycles. The zero-order chi connectivity index (χ0) is 42.0. The fraction of sp³-hybridized carbons (Fsp3) is 0.600. The molecule has 324 valence electrons. The van der Waals surface area contributed by atoms with Crippen molar-refractivity contribution in [1.29, 1.82) is 0 Å². The van der Waals surface area contributed by atoms with Crippen LogP contribution in [0.1, 0.15) is 101 Å². The number of hydrogen-bond donors (Lipinski definition) is 3. The lowest BCUT2D eigenvalue weighted by Crippen LogP contribution is -2.31. The highest BCUT2D eigenvalue weighted by atomic mass is 32.2. The van der Waals surface area contributed by atoms with E-state index >= 15 is 0 Å². The van der Waals surface area contributed by atoms with Crippen LogP contribution in [0.4, 0.5) is 5.69 Å². The molecule has 2 atom stereocenters. The molecule has 0 radical (unpaired) electrons. The number of carboxylic acids is 1. The summed E-state index contributed by atoms with van der Waals surface area (Å²) in [6.45, 7) is 6.97. The molecule has 3 N–H and O–H groups in total. The third kappa shape index (κ3) is 19.6. The Labute approximate surface area is 359 Å². The van der Waals surface area contributed by atoms with Gasteiger partial charge in [-0.25, -0.2) is 0 Å². The number of carbonyl (C=O) groups excluding carboxylic acids is 3. The Balaban J connectivity index is 0.879. The summed E-state index contributed by atoms with van der Waals surface area (Å²) in [5, 5.41) is 15.4. The van der Waals surface area contributed by atoms with Crippen molar-refractivity contribution < 1.29 is 43.2 Å². The molecule has 0 aromatic heterocycles. The van der Waals surface area contributed by atoms with Crippen molar-refractivity contribution >= 4 is 52.9 Å². The van der Waals surface area contributed by atoms with Crippen molar-refractivity contribution in [2.45, 2.75) is 99.8 Å². The second-order valence-corrected chi connectivity index (χ2v) is 18.4. The number of para-hydroxylation sites is 1. The van der Waals surface area contributed by atoms with Crippen LogP contribution >= 0.6 is 23.5 Å². The first-order chi connectivity index (χ1) is 28.7. The number of benzene rings is 2. The van der Waals surface area contributed by atoms with E-state index in [-0.39, 0.29) is 34.6 Å². The van der Waals surface area contributed by atoms with Gasteiger partial charge in [0.15, 0.2) is 0 Å². The fourth-order valence-electron chi connectivity index (χ4n) is 6.69. The average Bonchev–Trinajstić information content (AvgIpc) is 3.22. The highest BCUT2D eigenvalue weighted by molar-refractivity contribution is 8.19. The van der Waals surface area contributed by atoms with Crippen LogP contribution in [0.5, 0.6) is 0 Å². The summed E-state index contributed by atoms with van der Waals surface area (Å²) < 4.78 is 22.1. The van der Waals surface area contributed by atoms with E-state index in [4.69, 9.17) is 24.1 Å². The summed E-state index contributed by atoms with van der Waals surface area (Å²) in [5.74, 6) is 6.87. The maximum atomic E-state index is 13.3. The number of aliphatic carboxylic acids is 1. The van der Waals surface area contributed by atoms with E-state index in [2.05, 4.69) is 29.4 Å². The van der Waals surface area contributed by atoms with Crippen LogP contribution in [0.15, 0.2) is 48.5 Å². The van der Waals surface area contributed by atoms with Crippen molar-refractivity contribution in [3.63, 3.8) is 0 Å². The van der Waals surface area contributed by atoms with Crippen molar-refractivity contribution in [1.82, 2.24) is 10.6 Å². The van der Waals surface area contributed by atoms with Gasteiger partial charge >= 0.3 is 5.97 Å². The van der Waals surface area contributed by atoms with Crippen LogP contribution < -0.4 is 15.5 Å². The molecule has 2 unspecified atom stereocenters. The number of nitrogens with one attached hydrogen (secondary N) is 2. The van der Waals surface area contributed by atoms with Crippen molar-refractivity contribution in [2.75, 3.05) is 76.6 Å². The Morgan fingerprint density at radius 3 is 2.12 bits per heavy atom. The molecule has 0 saturated carbocycles. The van der Waals surface area contributed by atoms with Gasteiger partial charge in [0, 0.05) is 55.1 Å². The Morgan fingerprint density at radius 2 is 1.36 bits per heavy atom. The molecule has 59 heavy (non-hydrogen) atoms. The van der Waals surface area contributed by atoms with Gasteiger partial charge in [-0.1, -0.05) is 55.0 Å². The van der Waals surface area contributed by atoms with Gasteiger partial charge in [0.25, 0.3) is 0 Å². The smallest absolute Gasteiger partial charge is 0.303 e. The molecule has 4 rings (SSSR count). The van der Waals surface area contributed by atoms with E-state index in [0.717, 1.165) is 73.1 Å². The summed E-state index contributed by atoms with van der Waals surface area (Å²) in [4.78, 5) is 50.5. The van der Waals surface area contributed by atoms with Crippen molar-refractivity contribution in [2.24, 2.45) is 0 Å². The fourth-order valence-corrected chi connectivity index (χ4v) is 10.3. The van der Waals surface area contributed by atoms with E-state index in [1.807, 2.05) is 77.0 Å². The monoisotopic (exact) mass is 853 g/mol. The Hall–Kier alpha value is -3.58. The first-order valence-corrected chi connectivity index (χ1v) is 23.0. The molecular weight excluding hydrogens is 791 g/mol. The zero-order valence-corrected chi connectivity index (χ0v) is 36.3. The number of rotatable bonds is 29. The topological polar surface area (TPSA) is 153 Å². The Bertz CT molecular complexity index is 1670. The number of ether oxygens (including phenoxy) is 4. The van der Waals surface area contributed by atoms with Gasteiger partial charge in [-0.15, -0.1) is 23.5 Å². The van der Waals surface area contributed by atoms with E-state index in [1.165, 1.54) is 0 Å². The summed E-state index contributed by atoms with van der Waals surface area (Å²) in [5.41, 5.74) is 3.68. The molecule has 1 saturated heterocycles. The largest absolute Gasteiger partial charge is 0.481 e. The van der Waals surface area contributed by atoms with Crippen molar-refractivity contribution in [3.8, 4) is 11.8 Å². The summed E-state index contributed by atoms with van der Waals surface area (Å²) >= 11 is 3.79. The highest BCUT2D eigenvalue weighted by Gasteiger charge is 2.33. The molecule has 2 aromatic rings. The predicted octanol–water partition coefficient (Wildman–Crippen LogP) is 6.56. The van der Waals surface area contributed by atoms with Crippen LogP contribution in [0.2, 0.25) is 0 Å².